The topological polar surface area (TPSA) is 24.1 Å². The molecule has 0 saturated carbocycles. The molecular weight excluding hydrogens is 308 g/mol. The fourth-order valence-electron chi connectivity index (χ4n) is 2.29. The normalized spacial score (nSPS) is 13.5. The van der Waals surface area contributed by atoms with Crippen LogP contribution in [0.1, 0.15) is 25.8 Å². The smallest absolute Gasteiger partial charge is 0.106 e. The van der Waals surface area contributed by atoms with Gasteiger partial charge >= 0.3 is 0 Å². The van der Waals surface area contributed by atoms with Gasteiger partial charge in [-0.05, 0) is 30.2 Å². The second-order valence-corrected chi connectivity index (χ2v) is 7.15. The van der Waals surface area contributed by atoms with Gasteiger partial charge in [-0.2, -0.15) is 0 Å². The van der Waals surface area contributed by atoms with Crippen LogP contribution >= 0.6 is 24.0 Å². The van der Waals surface area contributed by atoms with E-state index in [4.69, 9.17) is 12.2 Å². The first-order chi connectivity index (χ1) is 10.7. The molecular formula is C18H20N2S2. The third-order valence-electron chi connectivity index (χ3n) is 3.93. The van der Waals surface area contributed by atoms with Gasteiger partial charge in [0, 0.05) is 21.9 Å². The molecule has 0 spiro atoms. The van der Waals surface area contributed by atoms with Crippen LogP contribution in [-0.2, 0) is 0 Å². The van der Waals surface area contributed by atoms with Crippen molar-refractivity contribution in [3.63, 3.8) is 0 Å². The predicted octanol–water partition coefficient (Wildman–Crippen LogP) is 5.21. The molecule has 1 heterocycles. The Hall–Kier alpha value is -1.52. The standard InChI is InChI=1S/C18H20N2S2/c1-3-12(2)11-19-18(21)13-8-9-17-15(10-13)20-14-6-4-5-7-16(14)22-17/h4-10,12,20H,3,11H2,1-2H3,(H,19,21)/t12-/m0/s1. The molecule has 2 N–H and O–H groups in total. The van der Waals surface area contributed by atoms with Crippen molar-refractivity contribution in [2.75, 3.05) is 11.9 Å². The van der Waals surface area contributed by atoms with Gasteiger partial charge in [-0.15, -0.1) is 0 Å². The minimum atomic E-state index is 0.635. The monoisotopic (exact) mass is 328 g/mol. The van der Waals surface area contributed by atoms with Gasteiger partial charge in [-0.1, -0.05) is 62.4 Å². The van der Waals surface area contributed by atoms with E-state index in [0.717, 1.165) is 34.9 Å². The zero-order chi connectivity index (χ0) is 15.5. The third-order valence-corrected chi connectivity index (χ3v) is 5.46. The van der Waals surface area contributed by atoms with Crippen molar-refractivity contribution >= 4 is 40.3 Å². The fraction of sp³-hybridized carbons (Fsp3) is 0.278. The maximum atomic E-state index is 5.52. The number of rotatable bonds is 4. The lowest BCUT2D eigenvalue weighted by atomic mass is 10.1. The maximum Gasteiger partial charge on any atom is 0.106 e. The summed E-state index contributed by atoms with van der Waals surface area (Å²) in [5.74, 6) is 0.635. The Morgan fingerprint density at radius 3 is 2.77 bits per heavy atom. The largest absolute Gasteiger partial charge is 0.376 e. The molecule has 0 fully saturated rings. The molecule has 0 amide bonds. The van der Waals surface area contributed by atoms with E-state index >= 15 is 0 Å². The van der Waals surface area contributed by atoms with E-state index in [1.54, 1.807) is 11.8 Å². The van der Waals surface area contributed by atoms with Crippen LogP contribution in [0.15, 0.2) is 52.3 Å². The molecule has 3 rings (SSSR count). The minimum Gasteiger partial charge on any atom is -0.376 e. The summed E-state index contributed by atoms with van der Waals surface area (Å²) < 4.78 is 0. The first-order valence-electron chi connectivity index (χ1n) is 7.63. The quantitative estimate of drug-likeness (QED) is 0.642. The molecule has 0 unspecified atom stereocenters. The van der Waals surface area contributed by atoms with E-state index in [0.29, 0.717) is 5.92 Å². The number of para-hydroxylation sites is 1. The molecule has 22 heavy (non-hydrogen) atoms. The van der Waals surface area contributed by atoms with Crippen molar-refractivity contribution in [1.82, 2.24) is 5.32 Å². The summed E-state index contributed by atoms with van der Waals surface area (Å²) in [4.78, 5) is 3.33. The van der Waals surface area contributed by atoms with Gasteiger partial charge in [0.25, 0.3) is 0 Å². The molecule has 0 radical (unpaired) electrons. The Morgan fingerprint density at radius 2 is 1.95 bits per heavy atom. The van der Waals surface area contributed by atoms with Gasteiger partial charge in [0.2, 0.25) is 0 Å². The molecule has 0 aromatic heterocycles. The van der Waals surface area contributed by atoms with Crippen LogP contribution in [0.3, 0.4) is 0 Å². The van der Waals surface area contributed by atoms with Gasteiger partial charge in [0.1, 0.15) is 4.99 Å². The van der Waals surface area contributed by atoms with Crippen LogP contribution in [0.25, 0.3) is 0 Å². The highest BCUT2D eigenvalue weighted by atomic mass is 32.2. The number of fused-ring (bicyclic) bond motifs is 2. The van der Waals surface area contributed by atoms with Gasteiger partial charge in [0.15, 0.2) is 0 Å². The van der Waals surface area contributed by atoms with Crippen molar-refractivity contribution in [2.45, 2.75) is 30.1 Å². The van der Waals surface area contributed by atoms with Crippen LogP contribution in [-0.4, -0.2) is 11.5 Å². The molecule has 1 atom stereocenters. The van der Waals surface area contributed by atoms with E-state index in [1.165, 1.54) is 9.79 Å². The summed E-state index contributed by atoms with van der Waals surface area (Å²) >= 11 is 7.32. The van der Waals surface area contributed by atoms with Crippen LogP contribution in [0, 0.1) is 5.92 Å². The van der Waals surface area contributed by atoms with E-state index in [9.17, 15) is 0 Å². The van der Waals surface area contributed by atoms with E-state index in [1.807, 2.05) is 0 Å². The summed E-state index contributed by atoms with van der Waals surface area (Å²) in [6, 6.07) is 14.8. The van der Waals surface area contributed by atoms with Crippen molar-refractivity contribution in [2.24, 2.45) is 5.92 Å². The molecule has 4 heteroatoms. The zero-order valence-corrected chi connectivity index (χ0v) is 14.5. The highest BCUT2D eigenvalue weighted by Gasteiger charge is 2.16. The molecule has 0 saturated heterocycles. The van der Waals surface area contributed by atoms with Crippen LogP contribution in [0.5, 0.6) is 0 Å². The SMILES string of the molecule is CC[C@H](C)CNC(=S)c1ccc2c(c1)Nc1ccccc1S2. The molecule has 0 bridgehead atoms. The lowest BCUT2D eigenvalue weighted by Gasteiger charge is -2.21. The predicted molar refractivity (Wildman–Crippen MR) is 99.4 cm³/mol. The summed E-state index contributed by atoms with van der Waals surface area (Å²) in [5, 5.41) is 6.88. The van der Waals surface area contributed by atoms with Crippen molar-refractivity contribution in [1.29, 1.82) is 0 Å². The van der Waals surface area contributed by atoms with Crippen LogP contribution in [0.2, 0.25) is 0 Å². The maximum absolute atomic E-state index is 5.52. The van der Waals surface area contributed by atoms with Crippen molar-refractivity contribution in [3.05, 3.63) is 48.0 Å². The molecule has 1 aliphatic rings. The van der Waals surface area contributed by atoms with Crippen molar-refractivity contribution in [3.8, 4) is 0 Å². The van der Waals surface area contributed by atoms with E-state index < -0.39 is 0 Å². The Morgan fingerprint density at radius 1 is 1.18 bits per heavy atom. The molecule has 2 aromatic rings. The van der Waals surface area contributed by atoms with E-state index in [-0.39, 0.29) is 0 Å². The molecule has 114 valence electrons. The molecule has 1 aliphatic heterocycles. The Bertz CT molecular complexity index is 697. The van der Waals surface area contributed by atoms with Gasteiger partial charge in [-0.3, -0.25) is 0 Å². The summed E-state index contributed by atoms with van der Waals surface area (Å²) in [6.07, 6.45) is 1.16. The Kier molecular flexibility index (Phi) is 4.69. The van der Waals surface area contributed by atoms with Crippen molar-refractivity contribution < 1.29 is 0 Å². The zero-order valence-electron chi connectivity index (χ0n) is 12.8. The van der Waals surface area contributed by atoms with Crippen LogP contribution in [0.4, 0.5) is 11.4 Å². The highest BCUT2D eigenvalue weighted by Crippen LogP contribution is 2.44. The van der Waals surface area contributed by atoms with Crippen LogP contribution < -0.4 is 10.6 Å². The fourth-order valence-corrected chi connectivity index (χ4v) is 3.47. The number of anilines is 2. The van der Waals surface area contributed by atoms with Gasteiger partial charge in [-0.25, -0.2) is 0 Å². The highest BCUT2D eigenvalue weighted by molar-refractivity contribution is 7.99. The lowest BCUT2D eigenvalue weighted by molar-refractivity contribution is 0.550. The number of benzene rings is 2. The molecule has 0 aliphatic carbocycles. The third kappa shape index (κ3) is 3.28. The summed E-state index contributed by atoms with van der Waals surface area (Å²) in [6.45, 7) is 5.36. The number of thiocarbonyl (C=S) groups is 1. The first-order valence-corrected chi connectivity index (χ1v) is 8.86. The number of hydrogen-bond donors (Lipinski definition) is 2. The average Bonchev–Trinajstić information content (AvgIpc) is 2.56. The Labute approximate surface area is 141 Å². The second kappa shape index (κ2) is 6.71. The number of hydrogen-bond acceptors (Lipinski definition) is 3. The minimum absolute atomic E-state index is 0.635. The summed E-state index contributed by atoms with van der Waals surface area (Å²) in [5.41, 5.74) is 3.37. The lowest BCUT2D eigenvalue weighted by Crippen LogP contribution is -2.27. The second-order valence-electron chi connectivity index (χ2n) is 5.66. The van der Waals surface area contributed by atoms with E-state index in [2.05, 4.69) is 66.9 Å². The first kappa shape index (κ1) is 15.4. The number of nitrogens with one attached hydrogen (secondary N) is 2. The van der Waals surface area contributed by atoms with Gasteiger partial charge < -0.3 is 10.6 Å². The Balaban J connectivity index is 1.76. The summed E-state index contributed by atoms with van der Waals surface area (Å²) in [7, 11) is 0. The van der Waals surface area contributed by atoms with Gasteiger partial charge in [0.05, 0.1) is 11.4 Å². The molecule has 2 aromatic carbocycles. The molecule has 2 nitrogen and oxygen atoms in total. The average molecular weight is 329 g/mol.